The summed E-state index contributed by atoms with van der Waals surface area (Å²) in [5, 5.41) is 4.47. The lowest BCUT2D eigenvalue weighted by atomic mass is 10.1. The van der Waals surface area contributed by atoms with Gasteiger partial charge in [-0.15, -0.1) is 0 Å². The molecule has 144 valence electrons. The van der Waals surface area contributed by atoms with Crippen molar-refractivity contribution in [3.8, 4) is 5.69 Å². The van der Waals surface area contributed by atoms with E-state index in [1.54, 1.807) is 6.20 Å². The van der Waals surface area contributed by atoms with Gasteiger partial charge in [0.1, 0.15) is 0 Å². The molecule has 0 saturated carbocycles. The molecular weight excluding hydrogens is 348 g/mol. The van der Waals surface area contributed by atoms with Gasteiger partial charge in [0.2, 0.25) is 0 Å². The van der Waals surface area contributed by atoms with Crippen molar-refractivity contribution in [3.05, 3.63) is 83.2 Å². The van der Waals surface area contributed by atoms with Crippen molar-refractivity contribution in [3.63, 3.8) is 0 Å². The summed E-state index contributed by atoms with van der Waals surface area (Å²) in [6.45, 7) is 8.25. The molecule has 0 aliphatic carbocycles. The minimum Gasteiger partial charge on any atom is -0.336 e. The maximum Gasteiger partial charge on any atom is 0.257 e. The monoisotopic (exact) mass is 374 g/mol. The minimum absolute atomic E-state index is 0.0794. The third kappa shape index (κ3) is 3.85. The van der Waals surface area contributed by atoms with Crippen LogP contribution >= 0.6 is 0 Å². The van der Waals surface area contributed by atoms with Crippen LogP contribution in [-0.2, 0) is 6.54 Å². The van der Waals surface area contributed by atoms with Crippen LogP contribution in [0.5, 0.6) is 0 Å². The number of hydrogen-bond acceptors (Lipinski definition) is 3. The van der Waals surface area contributed by atoms with E-state index in [9.17, 15) is 4.79 Å². The van der Waals surface area contributed by atoms with Crippen molar-refractivity contribution in [2.24, 2.45) is 0 Å². The number of carbonyl (C=O) groups is 1. The Balaban J connectivity index is 1.42. The Hall–Kier alpha value is -2.92. The maximum absolute atomic E-state index is 13.1. The smallest absolute Gasteiger partial charge is 0.257 e. The second-order valence-corrected chi connectivity index (χ2v) is 7.45. The standard InChI is InChI=1S/C23H26N4O/c1-18-7-6-10-21(15-18)27-19(2)22(16-24-27)23(28)26-13-11-25(12-14-26)17-20-8-4-3-5-9-20/h3-10,15-16H,11-14,17H2,1-2H3. The molecule has 5 nitrogen and oxygen atoms in total. The number of aromatic nitrogens is 2. The van der Waals surface area contributed by atoms with Crippen LogP contribution in [-0.4, -0.2) is 51.7 Å². The molecule has 1 saturated heterocycles. The first-order valence-corrected chi connectivity index (χ1v) is 9.79. The van der Waals surface area contributed by atoms with E-state index in [0.717, 1.165) is 44.1 Å². The van der Waals surface area contributed by atoms with Gasteiger partial charge in [0.05, 0.1) is 23.1 Å². The summed E-state index contributed by atoms with van der Waals surface area (Å²) in [7, 11) is 0. The van der Waals surface area contributed by atoms with Gasteiger partial charge in [0.25, 0.3) is 5.91 Å². The predicted molar refractivity (Wildman–Crippen MR) is 111 cm³/mol. The first-order chi connectivity index (χ1) is 13.6. The largest absolute Gasteiger partial charge is 0.336 e. The average Bonchev–Trinajstić information content (AvgIpc) is 3.10. The Morgan fingerprint density at radius 3 is 2.43 bits per heavy atom. The molecule has 2 aromatic carbocycles. The van der Waals surface area contributed by atoms with Gasteiger partial charge in [0.15, 0.2) is 0 Å². The highest BCUT2D eigenvalue weighted by Gasteiger charge is 2.25. The highest BCUT2D eigenvalue weighted by molar-refractivity contribution is 5.95. The number of aryl methyl sites for hydroxylation is 1. The fraction of sp³-hybridized carbons (Fsp3) is 0.304. The molecule has 3 aromatic rings. The molecule has 1 fully saturated rings. The lowest BCUT2D eigenvalue weighted by Crippen LogP contribution is -2.48. The Morgan fingerprint density at radius 1 is 0.964 bits per heavy atom. The van der Waals surface area contributed by atoms with Gasteiger partial charge in [-0.25, -0.2) is 4.68 Å². The van der Waals surface area contributed by atoms with E-state index in [0.29, 0.717) is 5.56 Å². The van der Waals surface area contributed by atoms with Crippen LogP contribution in [0.1, 0.15) is 27.2 Å². The minimum atomic E-state index is 0.0794. The van der Waals surface area contributed by atoms with Crippen molar-refractivity contribution < 1.29 is 4.79 Å². The van der Waals surface area contributed by atoms with Crippen molar-refractivity contribution in [1.29, 1.82) is 0 Å². The van der Waals surface area contributed by atoms with Gasteiger partial charge in [-0.2, -0.15) is 5.10 Å². The Labute approximate surface area is 166 Å². The van der Waals surface area contributed by atoms with Gasteiger partial charge < -0.3 is 4.90 Å². The van der Waals surface area contributed by atoms with Gasteiger partial charge in [0, 0.05) is 32.7 Å². The molecule has 0 unspecified atom stereocenters. The summed E-state index contributed by atoms with van der Waals surface area (Å²) in [6, 6.07) is 18.7. The zero-order chi connectivity index (χ0) is 19.5. The fourth-order valence-electron chi connectivity index (χ4n) is 3.76. The molecule has 4 rings (SSSR count). The van der Waals surface area contributed by atoms with Crippen LogP contribution in [0.25, 0.3) is 5.69 Å². The molecule has 28 heavy (non-hydrogen) atoms. The molecule has 5 heteroatoms. The number of nitrogens with zero attached hydrogens (tertiary/aromatic N) is 4. The van der Waals surface area contributed by atoms with Crippen LogP contribution in [0, 0.1) is 13.8 Å². The molecule has 0 radical (unpaired) electrons. The molecule has 0 N–H and O–H groups in total. The van der Waals surface area contributed by atoms with Crippen molar-refractivity contribution in [1.82, 2.24) is 19.6 Å². The van der Waals surface area contributed by atoms with Crippen LogP contribution in [0.15, 0.2) is 60.8 Å². The number of amides is 1. The summed E-state index contributed by atoms with van der Waals surface area (Å²) < 4.78 is 1.85. The van der Waals surface area contributed by atoms with E-state index in [1.165, 1.54) is 11.1 Å². The number of piperazine rings is 1. The summed E-state index contributed by atoms with van der Waals surface area (Å²) in [5.41, 5.74) is 5.07. The van der Waals surface area contributed by atoms with E-state index < -0.39 is 0 Å². The van der Waals surface area contributed by atoms with E-state index in [4.69, 9.17) is 0 Å². The first kappa shape index (κ1) is 18.4. The van der Waals surface area contributed by atoms with Gasteiger partial charge in [-0.3, -0.25) is 9.69 Å². The first-order valence-electron chi connectivity index (χ1n) is 9.79. The molecule has 1 aliphatic rings. The predicted octanol–water partition coefficient (Wildman–Crippen LogP) is 3.45. The summed E-state index contributed by atoms with van der Waals surface area (Å²) >= 11 is 0. The number of carbonyl (C=O) groups excluding carboxylic acids is 1. The molecule has 0 spiro atoms. The maximum atomic E-state index is 13.1. The quantitative estimate of drug-likeness (QED) is 0.702. The molecule has 1 aliphatic heterocycles. The lowest BCUT2D eigenvalue weighted by molar-refractivity contribution is 0.0627. The lowest BCUT2D eigenvalue weighted by Gasteiger charge is -2.34. The van der Waals surface area contributed by atoms with E-state index in [1.807, 2.05) is 34.7 Å². The highest BCUT2D eigenvalue weighted by atomic mass is 16.2. The number of rotatable bonds is 4. The van der Waals surface area contributed by atoms with E-state index >= 15 is 0 Å². The molecular formula is C23H26N4O. The van der Waals surface area contributed by atoms with Gasteiger partial charge >= 0.3 is 0 Å². The fourth-order valence-corrected chi connectivity index (χ4v) is 3.76. The summed E-state index contributed by atoms with van der Waals surface area (Å²) in [5.74, 6) is 0.0794. The van der Waals surface area contributed by atoms with Crippen molar-refractivity contribution in [2.75, 3.05) is 26.2 Å². The van der Waals surface area contributed by atoms with Crippen LogP contribution < -0.4 is 0 Å². The van der Waals surface area contributed by atoms with Crippen molar-refractivity contribution >= 4 is 5.91 Å². The normalized spacial score (nSPS) is 15.0. The van der Waals surface area contributed by atoms with Crippen LogP contribution in [0.3, 0.4) is 0 Å². The van der Waals surface area contributed by atoms with E-state index in [2.05, 4.69) is 53.3 Å². The number of benzene rings is 2. The summed E-state index contributed by atoms with van der Waals surface area (Å²) in [4.78, 5) is 17.4. The van der Waals surface area contributed by atoms with E-state index in [-0.39, 0.29) is 5.91 Å². The third-order valence-electron chi connectivity index (χ3n) is 5.39. The summed E-state index contributed by atoms with van der Waals surface area (Å²) in [6.07, 6.45) is 1.70. The third-order valence-corrected chi connectivity index (χ3v) is 5.39. The molecule has 1 aromatic heterocycles. The Morgan fingerprint density at radius 2 is 1.71 bits per heavy atom. The Bertz CT molecular complexity index is 956. The second-order valence-electron chi connectivity index (χ2n) is 7.45. The van der Waals surface area contributed by atoms with Crippen LogP contribution in [0.2, 0.25) is 0 Å². The average molecular weight is 374 g/mol. The van der Waals surface area contributed by atoms with Crippen LogP contribution in [0.4, 0.5) is 0 Å². The highest BCUT2D eigenvalue weighted by Crippen LogP contribution is 2.18. The van der Waals surface area contributed by atoms with Crippen molar-refractivity contribution in [2.45, 2.75) is 20.4 Å². The van der Waals surface area contributed by atoms with Gasteiger partial charge in [-0.05, 0) is 37.1 Å². The molecule has 2 heterocycles. The van der Waals surface area contributed by atoms with Gasteiger partial charge in [-0.1, -0.05) is 42.5 Å². The molecule has 0 atom stereocenters. The Kier molecular flexibility index (Phi) is 5.26. The SMILES string of the molecule is Cc1cccc(-n2ncc(C(=O)N3CCN(Cc4ccccc4)CC3)c2C)c1. The molecule has 1 amide bonds. The zero-order valence-electron chi connectivity index (χ0n) is 16.5. The second kappa shape index (κ2) is 7.98. The topological polar surface area (TPSA) is 41.4 Å². The zero-order valence-corrected chi connectivity index (χ0v) is 16.5. The number of hydrogen-bond donors (Lipinski definition) is 0. The molecule has 0 bridgehead atoms.